The summed E-state index contributed by atoms with van der Waals surface area (Å²) in [7, 11) is -9.92. The van der Waals surface area contributed by atoms with Gasteiger partial charge in [0.05, 0.1) is 26.4 Å². The van der Waals surface area contributed by atoms with Gasteiger partial charge in [0, 0.05) is 25.7 Å². The van der Waals surface area contributed by atoms with E-state index < -0.39 is 97.5 Å². The van der Waals surface area contributed by atoms with Crippen LogP contribution >= 0.6 is 15.6 Å². The van der Waals surface area contributed by atoms with Gasteiger partial charge >= 0.3 is 39.5 Å². The molecule has 17 nitrogen and oxygen atoms in total. The van der Waals surface area contributed by atoms with Crippen molar-refractivity contribution in [3.63, 3.8) is 0 Å². The monoisotopic (exact) mass is 1470 g/mol. The number of ether oxygens (including phenoxy) is 4. The van der Waals surface area contributed by atoms with Crippen molar-refractivity contribution in [3.8, 4) is 0 Å². The first kappa shape index (κ1) is 98.1. The molecule has 100 heavy (non-hydrogen) atoms. The molecule has 0 radical (unpaired) electrons. The lowest BCUT2D eigenvalue weighted by Gasteiger charge is -2.21. The largest absolute Gasteiger partial charge is 0.472 e. The van der Waals surface area contributed by atoms with Crippen molar-refractivity contribution in [3.05, 3.63) is 0 Å². The van der Waals surface area contributed by atoms with Crippen molar-refractivity contribution in [1.29, 1.82) is 0 Å². The first-order chi connectivity index (χ1) is 48.4. The van der Waals surface area contributed by atoms with Gasteiger partial charge in [-0.2, -0.15) is 0 Å². The van der Waals surface area contributed by atoms with Gasteiger partial charge in [0.15, 0.2) is 12.2 Å². The highest BCUT2D eigenvalue weighted by atomic mass is 31.2. The molecule has 0 rings (SSSR count). The summed E-state index contributed by atoms with van der Waals surface area (Å²) in [4.78, 5) is 73.0. The Morgan fingerprint density at radius 3 is 0.680 bits per heavy atom. The molecule has 0 aromatic rings. The van der Waals surface area contributed by atoms with Crippen LogP contribution in [0.5, 0.6) is 0 Å². The van der Waals surface area contributed by atoms with Crippen LogP contribution in [0.3, 0.4) is 0 Å². The molecular formula is C81H158O17P2. The molecule has 0 aromatic heterocycles. The fourth-order valence-corrected chi connectivity index (χ4v) is 14.1. The minimum atomic E-state index is -4.96. The summed E-state index contributed by atoms with van der Waals surface area (Å²) in [5, 5.41) is 10.6. The number of rotatable bonds is 80. The van der Waals surface area contributed by atoms with E-state index in [4.69, 9.17) is 37.0 Å². The van der Waals surface area contributed by atoms with Gasteiger partial charge in [-0.25, -0.2) is 9.13 Å². The van der Waals surface area contributed by atoms with E-state index in [0.717, 1.165) is 102 Å². The molecule has 0 aliphatic carbocycles. The van der Waals surface area contributed by atoms with E-state index in [1.807, 2.05) is 0 Å². The molecule has 594 valence electrons. The smallest absolute Gasteiger partial charge is 0.462 e. The van der Waals surface area contributed by atoms with E-state index in [1.54, 1.807) is 0 Å². The maximum absolute atomic E-state index is 13.1. The molecule has 0 heterocycles. The molecule has 0 amide bonds. The summed E-state index contributed by atoms with van der Waals surface area (Å²) in [6.45, 7) is 9.59. The third kappa shape index (κ3) is 74.3. The fraction of sp³-hybridized carbons (Fsp3) is 0.951. The molecule has 5 atom stereocenters. The highest BCUT2D eigenvalue weighted by molar-refractivity contribution is 7.47. The van der Waals surface area contributed by atoms with Crippen molar-refractivity contribution in [1.82, 2.24) is 0 Å². The Morgan fingerprint density at radius 2 is 0.460 bits per heavy atom. The lowest BCUT2D eigenvalue weighted by molar-refractivity contribution is -0.161. The molecule has 3 N–H and O–H groups in total. The van der Waals surface area contributed by atoms with E-state index in [9.17, 15) is 43.2 Å². The number of esters is 4. The van der Waals surface area contributed by atoms with Gasteiger partial charge in [-0.3, -0.25) is 37.3 Å². The van der Waals surface area contributed by atoms with Crippen LogP contribution in [0.4, 0.5) is 0 Å². The standard InChI is InChI=1S/C81H158O17P2/c1-7-9-11-13-15-17-19-21-22-25-29-33-36-40-44-51-57-63-78(83)91-69-76(97-80(85)66-60-54-46-42-38-34-30-27-24-23-26-28-32-35-39-43-49-55-61-73(3)4)71-95-99(87,88)93-67-75(82)68-94-100(89,90)96-72-77(70-92-79(84)64-58-52-48-47-50-56-62-74(5)6)98-81(86)65-59-53-45-41-37-31-20-18-16-14-12-10-8-2/h73-77,82H,7-72H2,1-6H3,(H,87,88)(H,89,90)/t75-,76-,77-/m1/s1. The molecule has 0 fully saturated rings. The second kappa shape index (κ2) is 72.6. The molecule has 0 bridgehead atoms. The zero-order valence-electron chi connectivity index (χ0n) is 65.5. The second-order valence-corrected chi connectivity index (χ2v) is 33.0. The van der Waals surface area contributed by atoms with Gasteiger partial charge in [0.1, 0.15) is 19.3 Å². The molecule has 0 saturated heterocycles. The van der Waals surface area contributed by atoms with E-state index in [2.05, 4.69) is 41.5 Å². The van der Waals surface area contributed by atoms with Gasteiger partial charge in [-0.1, -0.05) is 375 Å². The number of carbonyl (C=O) groups excluding carboxylic acids is 4. The Balaban J connectivity index is 5.20. The second-order valence-electron chi connectivity index (χ2n) is 30.1. The Kier molecular flexibility index (Phi) is 71.2. The predicted molar refractivity (Wildman–Crippen MR) is 409 cm³/mol. The van der Waals surface area contributed by atoms with Crippen molar-refractivity contribution in [2.75, 3.05) is 39.6 Å². The third-order valence-electron chi connectivity index (χ3n) is 19.0. The number of unbranched alkanes of at least 4 members (excludes halogenated alkanes) is 50. The van der Waals surface area contributed by atoms with Crippen LogP contribution in [0.25, 0.3) is 0 Å². The maximum Gasteiger partial charge on any atom is 0.472 e. The zero-order valence-corrected chi connectivity index (χ0v) is 67.3. The summed E-state index contributed by atoms with van der Waals surface area (Å²) in [6, 6.07) is 0. The molecule has 0 saturated carbocycles. The summed E-state index contributed by atoms with van der Waals surface area (Å²) >= 11 is 0. The highest BCUT2D eigenvalue weighted by Gasteiger charge is 2.30. The lowest BCUT2D eigenvalue weighted by atomic mass is 10.0. The molecule has 0 spiro atoms. The summed E-state index contributed by atoms with van der Waals surface area (Å²) in [5.74, 6) is -0.610. The topological polar surface area (TPSA) is 237 Å². The van der Waals surface area contributed by atoms with Gasteiger partial charge in [-0.15, -0.1) is 0 Å². The van der Waals surface area contributed by atoms with E-state index in [-0.39, 0.29) is 25.7 Å². The van der Waals surface area contributed by atoms with Gasteiger partial charge in [-0.05, 0) is 37.5 Å². The first-order valence-electron chi connectivity index (χ1n) is 42.0. The summed E-state index contributed by atoms with van der Waals surface area (Å²) in [6.07, 6.45) is 62.6. The molecule has 0 aliphatic rings. The third-order valence-corrected chi connectivity index (χ3v) is 20.9. The number of aliphatic hydroxyl groups excluding tert-OH is 1. The minimum Gasteiger partial charge on any atom is -0.462 e. The number of hydrogen-bond acceptors (Lipinski definition) is 15. The summed E-state index contributed by atoms with van der Waals surface area (Å²) in [5.41, 5.74) is 0. The Bertz CT molecular complexity index is 1920. The van der Waals surface area contributed by atoms with Crippen LogP contribution in [0.15, 0.2) is 0 Å². The SMILES string of the molecule is CCCCCCCCCCCCCCCCCCCC(=O)OC[C@H](COP(=O)(O)OC[C@@H](O)COP(=O)(O)OC[C@@H](COC(=O)CCCCCCCCC(C)C)OC(=O)CCCCCCCCCCCCCCC)OC(=O)CCCCCCCCCCCCCCCCCCCCC(C)C. The van der Waals surface area contributed by atoms with E-state index >= 15 is 0 Å². The van der Waals surface area contributed by atoms with E-state index in [0.29, 0.717) is 31.6 Å². The van der Waals surface area contributed by atoms with Crippen molar-refractivity contribution in [2.24, 2.45) is 11.8 Å². The van der Waals surface area contributed by atoms with Crippen LogP contribution in [0, 0.1) is 11.8 Å². The minimum absolute atomic E-state index is 0.107. The van der Waals surface area contributed by atoms with Crippen molar-refractivity contribution >= 4 is 39.5 Å². The summed E-state index contributed by atoms with van der Waals surface area (Å²) < 4.78 is 68.7. The lowest BCUT2D eigenvalue weighted by Crippen LogP contribution is -2.30. The normalized spacial score (nSPS) is 13.9. The van der Waals surface area contributed by atoms with Crippen LogP contribution in [-0.4, -0.2) is 96.7 Å². The van der Waals surface area contributed by atoms with Crippen molar-refractivity contribution in [2.45, 2.75) is 445 Å². The highest BCUT2D eigenvalue weighted by Crippen LogP contribution is 2.45. The molecule has 2 unspecified atom stereocenters. The average molecular weight is 1470 g/mol. The van der Waals surface area contributed by atoms with Crippen LogP contribution in [0.1, 0.15) is 427 Å². The van der Waals surface area contributed by atoms with Crippen LogP contribution < -0.4 is 0 Å². The van der Waals surface area contributed by atoms with E-state index in [1.165, 1.54) is 238 Å². The number of carbonyl (C=O) groups is 4. The Morgan fingerprint density at radius 1 is 0.270 bits per heavy atom. The number of aliphatic hydroxyl groups is 1. The fourth-order valence-electron chi connectivity index (χ4n) is 12.5. The van der Waals surface area contributed by atoms with Gasteiger partial charge in [0.2, 0.25) is 0 Å². The Labute approximate surface area is 613 Å². The number of phosphoric ester groups is 2. The molecular weight excluding hydrogens is 1310 g/mol. The Hall–Kier alpha value is -1.94. The predicted octanol–water partition coefficient (Wildman–Crippen LogP) is 24.3. The quantitative estimate of drug-likeness (QED) is 0.0222. The van der Waals surface area contributed by atoms with Gasteiger partial charge in [0.25, 0.3) is 0 Å². The van der Waals surface area contributed by atoms with Gasteiger partial charge < -0.3 is 33.8 Å². The van der Waals surface area contributed by atoms with Crippen LogP contribution in [0.2, 0.25) is 0 Å². The zero-order chi connectivity index (χ0) is 73.5. The maximum atomic E-state index is 13.1. The number of hydrogen-bond donors (Lipinski definition) is 3. The molecule has 0 aromatic carbocycles. The molecule has 0 aliphatic heterocycles. The average Bonchev–Trinajstić information content (AvgIpc) is 0.927. The van der Waals surface area contributed by atoms with Crippen molar-refractivity contribution < 1.29 is 80.2 Å². The first-order valence-corrected chi connectivity index (χ1v) is 45.0. The van der Waals surface area contributed by atoms with Crippen LogP contribution in [-0.2, 0) is 65.4 Å². The molecule has 19 heteroatoms. The number of phosphoric acid groups is 2.